The molecule has 1 atom stereocenters. The van der Waals surface area contributed by atoms with Crippen molar-refractivity contribution in [1.82, 2.24) is 15.1 Å². The van der Waals surface area contributed by atoms with Gasteiger partial charge in [0.2, 0.25) is 0 Å². The molecule has 0 aromatic carbocycles. The first kappa shape index (κ1) is 15.0. The highest BCUT2D eigenvalue weighted by Gasteiger charge is 2.35. The molecule has 2 aliphatic rings. The van der Waals surface area contributed by atoms with Gasteiger partial charge in [0.1, 0.15) is 0 Å². The van der Waals surface area contributed by atoms with Gasteiger partial charge in [-0.2, -0.15) is 5.10 Å². The molecule has 0 bridgehead atoms. The smallest absolute Gasteiger partial charge is 0.0630 e. The zero-order chi connectivity index (χ0) is 14.7. The molecule has 1 saturated heterocycles. The fourth-order valence-corrected chi connectivity index (χ4v) is 3.16. The predicted octanol–water partition coefficient (Wildman–Crippen LogP) is 2.95. The van der Waals surface area contributed by atoms with Crippen LogP contribution in [0.25, 0.3) is 0 Å². The molecule has 2 heterocycles. The molecule has 0 spiro atoms. The first-order chi connectivity index (χ1) is 10.2. The highest BCUT2D eigenvalue weighted by Crippen LogP contribution is 2.34. The van der Waals surface area contributed by atoms with Crippen molar-refractivity contribution in [2.75, 3.05) is 19.8 Å². The summed E-state index contributed by atoms with van der Waals surface area (Å²) in [5, 5.41) is 8.55. The van der Waals surface area contributed by atoms with Crippen molar-refractivity contribution in [3.8, 4) is 0 Å². The van der Waals surface area contributed by atoms with E-state index in [0.29, 0.717) is 11.5 Å². The van der Waals surface area contributed by atoms with Crippen molar-refractivity contribution in [1.29, 1.82) is 0 Å². The Morgan fingerprint density at radius 3 is 2.86 bits per heavy atom. The summed E-state index contributed by atoms with van der Waals surface area (Å²) >= 11 is 0. The van der Waals surface area contributed by atoms with E-state index < -0.39 is 0 Å². The van der Waals surface area contributed by atoms with Gasteiger partial charge in [-0.15, -0.1) is 0 Å². The van der Waals surface area contributed by atoms with Gasteiger partial charge < -0.3 is 10.1 Å². The van der Waals surface area contributed by atoms with Gasteiger partial charge in [0.05, 0.1) is 5.69 Å². The SMILES string of the molecule is CCC(C)n1ccc(CC2(CNC3CC3)CCOCC2)n1. The molecule has 1 N–H and O–H groups in total. The summed E-state index contributed by atoms with van der Waals surface area (Å²) in [4.78, 5) is 0. The fourth-order valence-electron chi connectivity index (χ4n) is 3.16. The van der Waals surface area contributed by atoms with Crippen LogP contribution < -0.4 is 5.32 Å². The number of rotatable bonds is 7. The van der Waals surface area contributed by atoms with E-state index in [4.69, 9.17) is 9.84 Å². The summed E-state index contributed by atoms with van der Waals surface area (Å²) < 4.78 is 7.71. The van der Waals surface area contributed by atoms with Crippen molar-refractivity contribution in [3.05, 3.63) is 18.0 Å². The van der Waals surface area contributed by atoms with Gasteiger partial charge in [-0.25, -0.2) is 0 Å². The minimum Gasteiger partial charge on any atom is -0.381 e. The maximum Gasteiger partial charge on any atom is 0.0630 e. The summed E-state index contributed by atoms with van der Waals surface area (Å²) in [6, 6.07) is 3.48. The Balaban J connectivity index is 1.66. The fraction of sp³-hybridized carbons (Fsp3) is 0.824. The van der Waals surface area contributed by atoms with E-state index in [2.05, 4.69) is 36.1 Å². The molecular weight excluding hydrogens is 262 g/mol. The zero-order valence-corrected chi connectivity index (χ0v) is 13.5. The van der Waals surface area contributed by atoms with Crippen LogP contribution in [0.1, 0.15) is 57.7 Å². The molecule has 1 aliphatic heterocycles. The minimum absolute atomic E-state index is 0.343. The van der Waals surface area contributed by atoms with Crippen LogP contribution in [0.5, 0.6) is 0 Å². The second kappa shape index (κ2) is 6.49. The summed E-state index contributed by atoms with van der Waals surface area (Å²) in [5.41, 5.74) is 1.59. The van der Waals surface area contributed by atoms with Gasteiger partial charge in [0, 0.05) is 38.0 Å². The van der Waals surface area contributed by atoms with Gasteiger partial charge in [0.15, 0.2) is 0 Å². The molecule has 4 nitrogen and oxygen atoms in total. The van der Waals surface area contributed by atoms with Gasteiger partial charge in [-0.05, 0) is 56.9 Å². The van der Waals surface area contributed by atoms with E-state index >= 15 is 0 Å². The Bertz CT molecular complexity index is 447. The summed E-state index contributed by atoms with van der Waals surface area (Å²) in [5.74, 6) is 0. The predicted molar refractivity (Wildman–Crippen MR) is 84.4 cm³/mol. The number of hydrogen-bond donors (Lipinski definition) is 1. The average Bonchev–Trinajstić information content (AvgIpc) is 3.24. The van der Waals surface area contributed by atoms with Crippen molar-refractivity contribution < 1.29 is 4.74 Å². The quantitative estimate of drug-likeness (QED) is 0.839. The van der Waals surface area contributed by atoms with E-state index in [1.807, 2.05) is 0 Å². The molecule has 2 fully saturated rings. The van der Waals surface area contributed by atoms with E-state index in [1.165, 1.54) is 18.5 Å². The Morgan fingerprint density at radius 2 is 2.19 bits per heavy atom. The van der Waals surface area contributed by atoms with Crippen molar-refractivity contribution in [2.24, 2.45) is 5.41 Å². The van der Waals surface area contributed by atoms with Crippen LogP contribution in [0.15, 0.2) is 12.3 Å². The molecule has 1 aromatic rings. The largest absolute Gasteiger partial charge is 0.381 e. The Labute approximate surface area is 128 Å². The lowest BCUT2D eigenvalue weighted by Crippen LogP contribution is -2.41. The van der Waals surface area contributed by atoms with Crippen LogP contribution in [0, 0.1) is 5.41 Å². The number of aromatic nitrogens is 2. The molecule has 1 aliphatic carbocycles. The summed E-state index contributed by atoms with van der Waals surface area (Å²) in [6.07, 6.45) is 9.38. The lowest BCUT2D eigenvalue weighted by Gasteiger charge is -2.37. The first-order valence-electron chi connectivity index (χ1n) is 8.56. The Morgan fingerprint density at radius 1 is 1.43 bits per heavy atom. The average molecular weight is 291 g/mol. The van der Waals surface area contributed by atoms with Crippen molar-refractivity contribution in [3.63, 3.8) is 0 Å². The van der Waals surface area contributed by atoms with Gasteiger partial charge in [-0.1, -0.05) is 6.92 Å². The molecule has 0 radical (unpaired) electrons. The maximum absolute atomic E-state index is 5.59. The van der Waals surface area contributed by atoms with Gasteiger partial charge in [0.25, 0.3) is 0 Å². The second-order valence-corrected chi connectivity index (χ2v) is 6.99. The summed E-state index contributed by atoms with van der Waals surface area (Å²) in [6.45, 7) is 7.37. The van der Waals surface area contributed by atoms with Crippen LogP contribution in [0.4, 0.5) is 0 Å². The third-order valence-corrected chi connectivity index (χ3v) is 5.16. The first-order valence-corrected chi connectivity index (χ1v) is 8.56. The third-order valence-electron chi connectivity index (χ3n) is 5.16. The van der Waals surface area contributed by atoms with E-state index in [-0.39, 0.29) is 0 Å². The highest BCUT2D eigenvalue weighted by atomic mass is 16.5. The number of hydrogen-bond acceptors (Lipinski definition) is 3. The Hall–Kier alpha value is -0.870. The van der Waals surface area contributed by atoms with Crippen LogP contribution in [-0.4, -0.2) is 35.6 Å². The number of nitrogens with one attached hydrogen (secondary N) is 1. The van der Waals surface area contributed by atoms with Crippen LogP contribution in [0.2, 0.25) is 0 Å². The molecule has 1 aromatic heterocycles. The minimum atomic E-state index is 0.343. The molecule has 4 heteroatoms. The lowest BCUT2D eigenvalue weighted by molar-refractivity contribution is 0.0142. The molecule has 1 saturated carbocycles. The molecule has 118 valence electrons. The van der Waals surface area contributed by atoms with E-state index in [1.54, 1.807) is 0 Å². The van der Waals surface area contributed by atoms with Crippen molar-refractivity contribution >= 4 is 0 Å². The van der Waals surface area contributed by atoms with Crippen LogP contribution in [0.3, 0.4) is 0 Å². The maximum atomic E-state index is 5.59. The Kier molecular flexibility index (Phi) is 4.65. The van der Waals surface area contributed by atoms with Crippen LogP contribution in [-0.2, 0) is 11.2 Å². The van der Waals surface area contributed by atoms with E-state index in [9.17, 15) is 0 Å². The van der Waals surface area contributed by atoms with Crippen molar-refractivity contribution in [2.45, 2.75) is 64.5 Å². The molecule has 0 amide bonds. The lowest BCUT2D eigenvalue weighted by atomic mass is 9.76. The topological polar surface area (TPSA) is 39.1 Å². The standard InChI is InChI=1S/C17H29N3O/c1-3-14(2)20-9-6-16(19-20)12-17(7-10-21-11-8-17)13-18-15-4-5-15/h6,9,14-15,18H,3-5,7-8,10-13H2,1-2H3. The normalized spacial score (nSPS) is 23.1. The highest BCUT2D eigenvalue weighted by molar-refractivity contribution is 5.05. The monoisotopic (exact) mass is 291 g/mol. The zero-order valence-electron chi connectivity index (χ0n) is 13.5. The van der Waals surface area contributed by atoms with E-state index in [0.717, 1.165) is 51.5 Å². The van der Waals surface area contributed by atoms with Gasteiger partial charge in [-0.3, -0.25) is 4.68 Å². The number of nitrogens with zero attached hydrogens (tertiary/aromatic N) is 2. The molecule has 1 unspecified atom stereocenters. The second-order valence-electron chi connectivity index (χ2n) is 6.99. The van der Waals surface area contributed by atoms with Crippen LogP contribution >= 0.6 is 0 Å². The third kappa shape index (κ3) is 3.86. The number of ether oxygens (including phenoxy) is 1. The molecule has 3 rings (SSSR count). The molecule has 21 heavy (non-hydrogen) atoms. The summed E-state index contributed by atoms with van der Waals surface area (Å²) in [7, 11) is 0. The van der Waals surface area contributed by atoms with Gasteiger partial charge >= 0.3 is 0 Å². The molecular formula is C17H29N3O.